The molecule has 28 heavy (non-hydrogen) atoms. The number of aliphatic hydroxyl groups is 1. The summed E-state index contributed by atoms with van der Waals surface area (Å²) in [6.45, 7) is 2.31. The van der Waals surface area contributed by atoms with Gasteiger partial charge in [0.1, 0.15) is 20.5 Å². The van der Waals surface area contributed by atoms with Crippen LogP contribution in [-0.2, 0) is 20.8 Å². The van der Waals surface area contributed by atoms with Gasteiger partial charge in [-0.25, -0.2) is 13.4 Å². The Kier molecular flexibility index (Phi) is 5.56. The Morgan fingerprint density at radius 2 is 1.86 bits per heavy atom. The molecule has 0 spiro atoms. The summed E-state index contributed by atoms with van der Waals surface area (Å²) in [4.78, 5) is 26.6. The Bertz CT molecular complexity index is 1040. The number of hydrogen-bond acceptors (Lipinski definition) is 7. The first-order chi connectivity index (χ1) is 12.6. The number of primary amides is 1. The van der Waals surface area contributed by atoms with Gasteiger partial charge in [0, 0.05) is 0 Å². The minimum Gasteiger partial charge on any atom is -0.381 e. The average Bonchev–Trinajstić information content (AvgIpc) is 2.98. The summed E-state index contributed by atoms with van der Waals surface area (Å²) in [5.41, 5.74) is 1.54. The van der Waals surface area contributed by atoms with E-state index in [4.69, 9.17) is 5.73 Å². The smallest absolute Gasteiger partial charge is 0.381 e. The van der Waals surface area contributed by atoms with Gasteiger partial charge in [-0.1, -0.05) is 6.07 Å². The monoisotopic (exact) mass is 437 g/mol. The van der Waals surface area contributed by atoms with Gasteiger partial charge in [0.15, 0.2) is 5.03 Å². The van der Waals surface area contributed by atoms with Crippen LogP contribution in [0, 0.1) is 0 Å². The number of nitrogens with two attached hydrogens (primary N) is 1. The number of nitrogens with one attached hydrogen (secondary N) is 1. The molecule has 0 aliphatic rings. The lowest BCUT2D eigenvalue weighted by Gasteiger charge is -2.16. The van der Waals surface area contributed by atoms with Gasteiger partial charge in [0.05, 0.1) is 5.56 Å². The predicted octanol–water partition coefficient (Wildman–Crippen LogP) is 1.80. The maximum Gasteiger partial charge on any atom is 0.433 e. The molecule has 0 atom stereocenters. The summed E-state index contributed by atoms with van der Waals surface area (Å²) in [5.74, 6) is -2.03. The molecule has 0 aliphatic carbocycles. The van der Waals surface area contributed by atoms with Crippen molar-refractivity contribution in [1.82, 2.24) is 4.98 Å². The van der Waals surface area contributed by atoms with E-state index in [1.54, 1.807) is 0 Å². The third-order valence-electron chi connectivity index (χ3n) is 3.31. The fourth-order valence-corrected chi connectivity index (χ4v) is 4.55. The van der Waals surface area contributed by atoms with Crippen molar-refractivity contribution in [2.24, 2.45) is 5.73 Å². The number of alkyl halides is 3. The maximum absolute atomic E-state index is 12.8. The van der Waals surface area contributed by atoms with Gasteiger partial charge < -0.3 is 16.2 Å². The highest BCUT2D eigenvalue weighted by Gasteiger charge is 2.35. The van der Waals surface area contributed by atoms with E-state index < -0.39 is 48.4 Å². The maximum atomic E-state index is 12.8. The number of thiophene rings is 1. The fraction of sp³-hybridized carbons (Fsp3) is 0.267. The molecular formula is C15H14F3N3O5S2. The molecule has 0 unspecified atom stereocenters. The van der Waals surface area contributed by atoms with Gasteiger partial charge in [0.2, 0.25) is 9.84 Å². The van der Waals surface area contributed by atoms with E-state index in [-0.39, 0.29) is 10.6 Å². The topological polar surface area (TPSA) is 139 Å². The van der Waals surface area contributed by atoms with Gasteiger partial charge in [0.25, 0.3) is 11.8 Å². The third-order valence-corrected chi connectivity index (χ3v) is 6.49. The number of pyridine rings is 1. The van der Waals surface area contributed by atoms with Crippen molar-refractivity contribution in [3.8, 4) is 0 Å². The minimum absolute atomic E-state index is 0.273. The lowest BCUT2D eigenvalue weighted by atomic mass is 10.1. The highest BCUT2D eigenvalue weighted by molar-refractivity contribution is 7.93. The number of aromatic nitrogens is 1. The first-order valence-corrected chi connectivity index (χ1v) is 9.71. The summed E-state index contributed by atoms with van der Waals surface area (Å²) in [5, 5.41) is 10.7. The predicted molar refractivity (Wildman–Crippen MR) is 92.5 cm³/mol. The summed E-state index contributed by atoms with van der Waals surface area (Å²) in [7, 11) is -4.54. The van der Waals surface area contributed by atoms with E-state index in [0.717, 1.165) is 32.0 Å². The zero-order valence-corrected chi connectivity index (χ0v) is 16.0. The summed E-state index contributed by atoms with van der Waals surface area (Å²) >= 11 is 0.394. The number of carbonyl (C=O) groups is 2. The molecule has 2 amide bonds. The Morgan fingerprint density at radius 1 is 1.25 bits per heavy atom. The summed E-state index contributed by atoms with van der Waals surface area (Å²) in [6, 6.07) is 3.17. The molecule has 13 heteroatoms. The molecule has 2 rings (SSSR count). The molecule has 0 aliphatic heterocycles. The molecule has 2 aromatic rings. The van der Waals surface area contributed by atoms with E-state index in [0.29, 0.717) is 17.4 Å². The van der Waals surface area contributed by atoms with Crippen LogP contribution in [0.1, 0.15) is 29.9 Å². The minimum atomic E-state index is -4.86. The summed E-state index contributed by atoms with van der Waals surface area (Å²) < 4.78 is 63.1. The molecular weight excluding hydrogens is 423 g/mol. The second-order valence-corrected chi connectivity index (χ2v) is 9.22. The van der Waals surface area contributed by atoms with Crippen molar-refractivity contribution >= 4 is 38.0 Å². The van der Waals surface area contributed by atoms with E-state index in [1.807, 2.05) is 0 Å². The molecule has 8 nitrogen and oxygen atoms in total. The molecule has 2 aromatic heterocycles. The summed E-state index contributed by atoms with van der Waals surface area (Å²) in [6.07, 6.45) is -4.86. The second kappa shape index (κ2) is 7.14. The third kappa shape index (κ3) is 4.48. The van der Waals surface area contributed by atoms with E-state index in [2.05, 4.69) is 10.3 Å². The van der Waals surface area contributed by atoms with E-state index in [1.165, 1.54) is 0 Å². The largest absolute Gasteiger partial charge is 0.433 e. The number of nitrogens with zero attached hydrogens (tertiary/aromatic N) is 1. The zero-order valence-electron chi connectivity index (χ0n) is 14.4. The van der Waals surface area contributed by atoms with Gasteiger partial charge in [-0.2, -0.15) is 13.2 Å². The van der Waals surface area contributed by atoms with Gasteiger partial charge in [-0.15, -0.1) is 11.3 Å². The highest BCUT2D eigenvalue weighted by Crippen LogP contribution is 2.35. The highest BCUT2D eigenvalue weighted by atomic mass is 32.2. The second-order valence-electron chi connectivity index (χ2n) is 6.05. The SMILES string of the molecule is CC(C)(O)C(=O)Nc1sc(S(=O)(=O)c2cccc(C(F)(F)F)n2)cc1C(N)=O. The van der Waals surface area contributed by atoms with Crippen LogP contribution < -0.4 is 11.1 Å². The van der Waals surface area contributed by atoms with Gasteiger partial charge >= 0.3 is 6.18 Å². The van der Waals surface area contributed by atoms with Crippen molar-refractivity contribution in [1.29, 1.82) is 0 Å². The first-order valence-electron chi connectivity index (χ1n) is 7.41. The van der Waals surface area contributed by atoms with Crippen LogP contribution in [0.4, 0.5) is 18.2 Å². The van der Waals surface area contributed by atoms with Crippen molar-refractivity contribution in [2.45, 2.75) is 34.9 Å². The van der Waals surface area contributed by atoms with E-state index in [9.17, 15) is 36.3 Å². The number of halogens is 3. The molecule has 2 heterocycles. The van der Waals surface area contributed by atoms with Crippen molar-refractivity contribution in [3.63, 3.8) is 0 Å². The van der Waals surface area contributed by atoms with Crippen LogP contribution in [0.25, 0.3) is 0 Å². The van der Waals surface area contributed by atoms with Crippen LogP contribution in [0.2, 0.25) is 0 Å². The Hall–Kier alpha value is -2.51. The number of hydrogen-bond donors (Lipinski definition) is 3. The van der Waals surface area contributed by atoms with Crippen molar-refractivity contribution in [2.75, 3.05) is 5.32 Å². The van der Waals surface area contributed by atoms with Crippen molar-refractivity contribution in [3.05, 3.63) is 35.5 Å². The van der Waals surface area contributed by atoms with Crippen molar-refractivity contribution < 1.29 is 36.3 Å². The molecule has 4 N–H and O–H groups in total. The Balaban J connectivity index is 2.54. The number of sulfone groups is 1. The van der Waals surface area contributed by atoms with Gasteiger partial charge in [-0.05, 0) is 32.0 Å². The molecule has 152 valence electrons. The molecule has 0 bridgehead atoms. The Labute approximate surface area is 161 Å². The average molecular weight is 437 g/mol. The molecule has 0 saturated heterocycles. The Morgan fingerprint density at radius 3 is 2.36 bits per heavy atom. The lowest BCUT2D eigenvalue weighted by molar-refractivity contribution is -0.141. The van der Waals surface area contributed by atoms with Crippen LogP contribution in [0.3, 0.4) is 0 Å². The molecule has 0 fully saturated rings. The van der Waals surface area contributed by atoms with Crippen LogP contribution in [0.5, 0.6) is 0 Å². The molecule has 0 radical (unpaired) electrons. The first kappa shape index (κ1) is 21.8. The standard InChI is InChI=1S/C15H14F3N3O5S2/c1-14(2,24)13(23)21-12-7(11(19)22)6-10(27-12)28(25,26)9-5-3-4-8(20-9)15(16,17)18/h3-6,24H,1-2H3,(H2,19,22)(H,21,23). The zero-order chi connectivity index (χ0) is 21.5. The van der Waals surface area contributed by atoms with Crippen LogP contribution in [0.15, 0.2) is 33.5 Å². The van der Waals surface area contributed by atoms with Gasteiger partial charge in [-0.3, -0.25) is 9.59 Å². The molecule has 0 aromatic carbocycles. The van der Waals surface area contributed by atoms with Crippen LogP contribution in [-0.4, -0.2) is 35.9 Å². The molecule has 0 saturated carbocycles. The van der Waals surface area contributed by atoms with E-state index >= 15 is 0 Å². The fourth-order valence-electron chi connectivity index (χ4n) is 1.86. The number of carbonyl (C=O) groups excluding carboxylic acids is 2. The number of amides is 2. The lowest BCUT2D eigenvalue weighted by Crippen LogP contribution is -2.36. The number of anilines is 1. The quantitative estimate of drug-likeness (QED) is 0.652. The number of rotatable bonds is 5. The normalized spacial score (nSPS) is 12.6. The van der Waals surface area contributed by atoms with Crippen LogP contribution >= 0.6 is 11.3 Å².